The summed E-state index contributed by atoms with van der Waals surface area (Å²) in [5.41, 5.74) is 0. The van der Waals surface area contributed by atoms with Crippen LogP contribution in [-0.4, -0.2) is 38.4 Å². The molecule has 1 aliphatic rings. The number of piperidine rings is 1. The van der Waals surface area contributed by atoms with Crippen LogP contribution in [0.2, 0.25) is 5.02 Å². The zero-order valence-corrected chi connectivity index (χ0v) is 12.8. The molecule has 0 aromatic heterocycles. The summed E-state index contributed by atoms with van der Waals surface area (Å²) in [7, 11) is -3.87. The van der Waals surface area contributed by atoms with Gasteiger partial charge in [0.15, 0.2) is 5.82 Å². The number of rotatable bonds is 4. The maximum Gasteiger partial charge on any atom is 0.246 e. The summed E-state index contributed by atoms with van der Waals surface area (Å²) in [5.74, 6) is -0.878. The Bertz CT molecular complexity index is 574. The fraction of sp³-hybridized carbons (Fsp3) is 0.538. The molecule has 1 unspecified atom stereocenters. The SMILES string of the molecule is CCN(C1CCCNC1)S(=O)(=O)c1cccc(Cl)c1F. The molecule has 20 heavy (non-hydrogen) atoms. The van der Waals surface area contributed by atoms with E-state index >= 15 is 0 Å². The van der Waals surface area contributed by atoms with E-state index in [2.05, 4.69) is 5.32 Å². The van der Waals surface area contributed by atoms with Crippen molar-refractivity contribution in [2.75, 3.05) is 19.6 Å². The quantitative estimate of drug-likeness (QED) is 0.925. The zero-order chi connectivity index (χ0) is 14.8. The van der Waals surface area contributed by atoms with Gasteiger partial charge in [-0.15, -0.1) is 0 Å². The van der Waals surface area contributed by atoms with Crippen molar-refractivity contribution >= 4 is 21.6 Å². The van der Waals surface area contributed by atoms with Crippen LogP contribution in [0.15, 0.2) is 23.1 Å². The molecule has 1 atom stereocenters. The summed E-state index contributed by atoms with van der Waals surface area (Å²) in [6, 6.07) is 3.91. The Hall–Kier alpha value is -0.690. The summed E-state index contributed by atoms with van der Waals surface area (Å²) in [4.78, 5) is -0.350. The third-order valence-electron chi connectivity index (χ3n) is 3.49. The molecule has 0 bridgehead atoms. The zero-order valence-electron chi connectivity index (χ0n) is 11.3. The van der Waals surface area contributed by atoms with E-state index in [1.807, 2.05) is 0 Å². The first-order valence-electron chi connectivity index (χ1n) is 6.65. The van der Waals surface area contributed by atoms with Gasteiger partial charge in [0.1, 0.15) is 4.90 Å². The lowest BCUT2D eigenvalue weighted by atomic mass is 10.1. The number of likely N-dealkylation sites (N-methyl/N-ethyl adjacent to an activating group) is 1. The Balaban J connectivity index is 2.38. The Morgan fingerprint density at radius 3 is 2.85 bits per heavy atom. The molecular formula is C13H18ClFN2O2S. The van der Waals surface area contributed by atoms with Gasteiger partial charge in [-0.25, -0.2) is 12.8 Å². The molecule has 1 fully saturated rings. The van der Waals surface area contributed by atoms with Gasteiger partial charge in [0, 0.05) is 19.1 Å². The number of sulfonamides is 1. The van der Waals surface area contributed by atoms with Gasteiger partial charge >= 0.3 is 0 Å². The molecule has 1 aromatic rings. The van der Waals surface area contributed by atoms with Crippen LogP contribution in [0, 0.1) is 5.82 Å². The number of halogens is 2. The Morgan fingerprint density at radius 2 is 2.25 bits per heavy atom. The Morgan fingerprint density at radius 1 is 1.50 bits per heavy atom. The van der Waals surface area contributed by atoms with Gasteiger partial charge in [-0.05, 0) is 31.5 Å². The van der Waals surface area contributed by atoms with E-state index < -0.39 is 15.8 Å². The van der Waals surface area contributed by atoms with Gasteiger partial charge in [0.25, 0.3) is 0 Å². The lowest BCUT2D eigenvalue weighted by molar-refractivity contribution is 0.273. The lowest BCUT2D eigenvalue weighted by Crippen LogP contribution is -2.48. The van der Waals surface area contributed by atoms with E-state index in [4.69, 9.17) is 11.6 Å². The smallest absolute Gasteiger partial charge is 0.246 e. The fourth-order valence-electron chi connectivity index (χ4n) is 2.51. The minimum Gasteiger partial charge on any atom is -0.315 e. The van der Waals surface area contributed by atoms with Crippen molar-refractivity contribution in [3.63, 3.8) is 0 Å². The van der Waals surface area contributed by atoms with Gasteiger partial charge in [-0.3, -0.25) is 0 Å². The molecule has 0 spiro atoms. The first kappa shape index (κ1) is 15.7. The molecule has 0 saturated carbocycles. The monoisotopic (exact) mass is 320 g/mol. The molecule has 0 aliphatic carbocycles. The standard InChI is InChI=1S/C13H18ClFN2O2S/c1-2-17(10-5-4-8-16-9-10)20(18,19)12-7-3-6-11(14)13(12)15/h3,6-7,10,16H,2,4-5,8-9H2,1H3. The second-order valence-corrected chi connectivity index (χ2v) is 7.03. The van der Waals surface area contributed by atoms with E-state index in [9.17, 15) is 12.8 Å². The van der Waals surface area contributed by atoms with Crippen LogP contribution in [-0.2, 0) is 10.0 Å². The van der Waals surface area contributed by atoms with E-state index in [1.54, 1.807) is 6.92 Å². The highest BCUT2D eigenvalue weighted by Gasteiger charge is 2.33. The maximum absolute atomic E-state index is 14.0. The first-order chi connectivity index (χ1) is 9.48. The van der Waals surface area contributed by atoms with Crippen LogP contribution >= 0.6 is 11.6 Å². The minimum atomic E-state index is -3.87. The normalized spacial score (nSPS) is 20.3. The predicted octanol–water partition coefficient (Wildman–Crippen LogP) is 2.24. The van der Waals surface area contributed by atoms with Crippen LogP contribution in [0.1, 0.15) is 19.8 Å². The lowest BCUT2D eigenvalue weighted by Gasteiger charge is -2.33. The highest BCUT2D eigenvalue weighted by Crippen LogP contribution is 2.27. The Kier molecular flexibility index (Phi) is 5.01. The van der Waals surface area contributed by atoms with E-state index in [0.29, 0.717) is 13.1 Å². The van der Waals surface area contributed by atoms with Crippen LogP contribution in [0.5, 0.6) is 0 Å². The molecule has 1 N–H and O–H groups in total. The van der Waals surface area contributed by atoms with Crippen LogP contribution in [0.25, 0.3) is 0 Å². The second kappa shape index (κ2) is 6.39. The highest BCUT2D eigenvalue weighted by atomic mass is 35.5. The number of benzene rings is 1. The molecule has 0 radical (unpaired) electrons. The molecule has 0 amide bonds. The van der Waals surface area contributed by atoms with Crippen LogP contribution < -0.4 is 5.32 Å². The Labute approximate surface area is 124 Å². The number of hydrogen-bond acceptors (Lipinski definition) is 3. The molecule has 112 valence electrons. The van der Waals surface area contributed by atoms with E-state index in [1.165, 1.54) is 22.5 Å². The summed E-state index contributed by atoms with van der Waals surface area (Å²) >= 11 is 5.68. The molecular weight excluding hydrogens is 303 g/mol. The van der Waals surface area contributed by atoms with Gasteiger partial charge in [-0.1, -0.05) is 24.6 Å². The highest BCUT2D eigenvalue weighted by molar-refractivity contribution is 7.89. The predicted molar refractivity (Wildman–Crippen MR) is 76.9 cm³/mol. The van der Waals surface area contributed by atoms with Crippen molar-refractivity contribution in [3.8, 4) is 0 Å². The molecule has 1 aromatic carbocycles. The van der Waals surface area contributed by atoms with Crippen molar-refractivity contribution in [3.05, 3.63) is 29.0 Å². The second-order valence-electron chi connectivity index (χ2n) is 4.76. The largest absolute Gasteiger partial charge is 0.315 e. The third kappa shape index (κ3) is 2.98. The van der Waals surface area contributed by atoms with Crippen molar-refractivity contribution < 1.29 is 12.8 Å². The average molecular weight is 321 g/mol. The molecule has 4 nitrogen and oxygen atoms in total. The van der Waals surface area contributed by atoms with Crippen molar-refractivity contribution in [1.82, 2.24) is 9.62 Å². The van der Waals surface area contributed by atoms with Gasteiger partial charge < -0.3 is 5.32 Å². The molecule has 1 aliphatic heterocycles. The molecule has 7 heteroatoms. The van der Waals surface area contributed by atoms with E-state index in [-0.39, 0.29) is 16.0 Å². The number of hydrogen-bond donors (Lipinski definition) is 1. The van der Waals surface area contributed by atoms with Crippen LogP contribution in [0.3, 0.4) is 0 Å². The molecule has 2 rings (SSSR count). The van der Waals surface area contributed by atoms with Crippen molar-refractivity contribution in [2.45, 2.75) is 30.7 Å². The summed E-state index contributed by atoms with van der Waals surface area (Å²) in [6.07, 6.45) is 1.69. The van der Waals surface area contributed by atoms with Gasteiger partial charge in [-0.2, -0.15) is 4.31 Å². The van der Waals surface area contributed by atoms with Gasteiger partial charge in [0.05, 0.1) is 5.02 Å². The van der Waals surface area contributed by atoms with Crippen molar-refractivity contribution in [1.29, 1.82) is 0 Å². The maximum atomic E-state index is 14.0. The third-order valence-corrected chi connectivity index (χ3v) is 5.83. The first-order valence-corrected chi connectivity index (χ1v) is 8.47. The van der Waals surface area contributed by atoms with Crippen molar-refractivity contribution in [2.24, 2.45) is 0 Å². The topological polar surface area (TPSA) is 49.4 Å². The van der Waals surface area contributed by atoms with Gasteiger partial charge in [0.2, 0.25) is 10.0 Å². The van der Waals surface area contributed by atoms with E-state index in [0.717, 1.165) is 19.4 Å². The number of nitrogens with zero attached hydrogens (tertiary/aromatic N) is 1. The summed E-state index contributed by atoms with van der Waals surface area (Å²) in [5, 5.41) is 3.00. The fourth-order valence-corrected chi connectivity index (χ4v) is 4.50. The molecule has 1 saturated heterocycles. The average Bonchev–Trinajstić information content (AvgIpc) is 2.43. The summed E-state index contributed by atoms with van der Waals surface area (Å²) < 4.78 is 40.6. The summed E-state index contributed by atoms with van der Waals surface area (Å²) in [6.45, 7) is 3.55. The molecule has 1 heterocycles. The minimum absolute atomic E-state index is 0.142. The van der Waals surface area contributed by atoms with Crippen LogP contribution in [0.4, 0.5) is 4.39 Å². The number of nitrogens with one attached hydrogen (secondary N) is 1.